The van der Waals surface area contributed by atoms with E-state index in [1.807, 2.05) is 0 Å². The average molecular weight is 553 g/mol. The first kappa shape index (κ1) is 27.9. The molecule has 2 heterocycles. The predicted molar refractivity (Wildman–Crippen MR) is 142 cm³/mol. The van der Waals surface area contributed by atoms with E-state index >= 15 is 0 Å². The van der Waals surface area contributed by atoms with E-state index < -0.39 is 17.2 Å². The first-order valence-electron chi connectivity index (χ1n) is 11.2. The smallest absolute Gasteiger partial charge is 0.306 e. The average Bonchev–Trinajstić information content (AvgIpc) is 3.33. The molecule has 0 bridgehead atoms. The third kappa shape index (κ3) is 8.21. The van der Waals surface area contributed by atoms with E-state index in [0.29, 0.717) is 33.3 Å². The normalized spacial score (nSPS) is 15.0. The highest BCUT2D eigenvalue weighted by Gasteiger charge is 2.32. The van der Waals surface area contributed by atoms with Gasteiger partial charge in [0.25, 0.3) is 5.91 Å². The monoisotopic (exact) mass is 552 g/mol. The number of hydrogen-bond donors (Lipinski definition) is 1. The second-order valence-electron chi connectivity index (χ2n) is 9.02. The molecule has 1 aromatic heterocycles. The van der Waals surface area contributed by atoms with E-state index in [9.17, 15) is 23.2 Å². The van der Waals surface area contributed by atoms with Gasteiger partial charge in [-0.05, 0) is 68.0 Å². The largest absolute Gasteiger partial charge is 0.460 e. The fourth-order valence-electron chi connectivity index (χ4n) is 3.28. The lowest BCUT2D eigenvalue weighted by Crippen LogP contribution is -2.34. The highest BCUT2D eigenvalue weighted by atomic mass is 32.2. The van der Waals surface area contributed by atoms with Crippen LogP contribution >= 0.6 is 35.3 Å². The molecule has 11 heteroatoms. The Kier molecular flexibility index (Phi) is 9.37. The van der Waals surface area contributed by atoms with Crippen molar-refractivity contribution in [3.05, 3.63) is 51.1 Å². The number of thiocarbonyl (C=S) groups is 1. The van der Waals surface area contributed by atoms with Gasteiger partial charge in [0, 0.05) is 36.9 Å². The number of nitrogens with one attached hydrogen (secondary N) is 1. The summed E-state index contributed by atoms with van der Waals surface area (Å²) in [5.74, 6) is -2.18. The fraction of sp³-hybridized carbons (Fsp3) is 0.360. The molecular weight excluding hydrogens is 526 g/mol. The van der Waals surface area contributed by atoms with Crippen LogP contribution in [0.15, 0.2) is 34.6 Å². The quantitative estimate of drug-likeness (QED) is 0.191. The number of ether oxygens (including phenoxy) is 1. The molecule has 0 radical (unpaired) electrons. The Bertz CT molecular complexity index is 1180. The van der Waals surface area contributed by atoms with Crippen molar-refractivity contribution in [2.24, 2.45) is 0 Å². The predicted octanol–water partition coefficient (Wildman–Crippen LogP) is 5.52. The second kappa shape index (κ2) is 12.1. The number of thiophene rings is 1. The molecule has 3 rings (SSSR count). The van der Waals surface area contributed by atoms with E-state index in [2.05, 4.69) is 5.32 Å². The Hall–Kier alpha value is -2.63. The summed E-state index contributed by atoms with van der Waals surface area (Å²) in [5, 5.41) is 4.49. The molecule has 2 aromatic rings. The lowest BCUT2D eigenvalue weighted by molar-refractivity contribution is -0.155. The zero-order chi connectivity index (χ0) is 26.5. The number of halogens is 2. The number of esters is 1. The van der Waals surface area contributed by atoms with Crippen LogP contribution in [0.3, 0.4) is 0 Å². The summed E-state index contributed by atoms with van der Waals surface area (Å²) in [5.41, 5.74) is 0.510. The van der Waals surface area contributed by atoms with Gasteiger partial charge in [-0.25, -0.2) is 8.78 Å². The number of carbonyl (C=O) groups is 3. The SMILES string of the molecule is CC(C)(C)OC(=O)CCCNC(=O)CCN1C(=O)/C(=C/c2cc(-c3cc(F)cc(F)c3)cs2)SC1=S. The van der Waals surface area contributed by atoms with Crippen LogP contribution in [0.25, 0.3) is 17.2 Å². The van der Waals surface area contributed by atoms with Crippen LogP contribution in [0.1, 0.15) is 44.9 Å². The van der Waals surface area contributed by atoms with Crippen LogP contribution in [-0.4, -0.2) is 45.7 Å². The van der Waals surface area contributed by atoms with Crippen LogP contribution in [0, 0.1) is 11.6 Å². The summed E-state index contributed by atoms with van der Waals surface area (Å²) < 4.78 is 32.6. The van der Waals surface area contributed by atoms with E-state index in [1.165, 1.54) is 28.4 Å². The molecule has 1 aliphatic heterocycles. The number of rotatable bonds is 9. The van der Waals surface area contributed by atoms with Crippen molar-refractivity contribution in [3.8, 4) is 11.1 Å². The van der Waals surface area contributed by atoms with Gasteiger partial charge in [-0.1, -0.05) is 24.0 Å². The molecule has 192 valence electrons. The van der Waals surface area contributed by atoms with Gasteiger partial charge in [0.15, 0.2) is 0 Å². The Morgan fingerprint density at radius 2 is 1.81 bits per heavy atom. The third-order valence-corrected chi connectivity index (χ3v) is 7.08. The number of amides is 2. The summed E-state index contributed by atoms with van der Waals surface area (Å²) in [6.45, 7) is 5.85. The van der Waals surface area contributed by atoms with Gasteiger partial charge < -0.3 is 10.1 Å². The molecule has 1 fully saturated rings. The van der Waals surface area contributed by atoms with Crippen molar-refractivity contribution in [2.75, 3.05) is 13.1 Å². The van der Waals surface area contributed by atoms with Crippen molar-refractivity contribution < 1.29 is 27.9 Å². The molecule has 1 N–H and O–H groups in total. The second-order valence-corrected chi connectivity index (χ2v) is 11.6. The number of carbonyl (C=O) groups excluding carboxylic acids is 3. The summed E-state index contributed by atoms with van der Waals surface area (Å²) in [6, 6.07) is 5.05. The van der Waals surface area contributed by atoms with Crippen molar-refractivity contribution in [1.29, 1.82) is 0 Å². The Morgan fingerprint density at radius 3 is 2.47 bits per heavy atom. The van der Waals surface area contributed by atoms with Crippen LogP contribution in [0.2, 0.25) is 0 Å². The van der Waals surface area contributed by atoms with E-state index in [-0.39, 0.29) is 37.2 Å². The van der Waals surface area contributed by atoms with Gasteiger partial charge in [-0.15, -0.1) is 11.3 Å². The van der Waals surface area contributed by atoms with Crippen molar-refractivity contribution in [3.63, 3.8) is 0 Å². The first-order chi connectivity index (χ1) is 16.9. The van der Waals surface area contributed by atoms with Gasteiger partial charge in [0.1, 0.15) is 21.6 Å². The molecule has 1 saturated heterocycles. The van der Waals surface area contributed by atoms with Gasteiger partial charge in [-0.3, -0.25) is 19.3 Å². The third-order valence-electron chi connectivity index (χ3n) is 4.82. The number of hydrogen-bond acceptors (Lipinski definition) is 7. The van der Waals surface area contributed by atoms with Crippen LogP contribution < -0.4 is 5.32 Å². The zero-order valence-corrected chi connectivity index (χ0v) is 22.5. The van der Waals surface area contributed by atoms with Gasteiger partial charge in [-0.2, -0.15) is 0 Å². The van der Waals surface area contributed by atoms with Gasteiger partial charge in [0.05, 0.1) is 4.91 Å². The minimum absolute atomic E-state index is 0.0699. The zero-order valence-electron chi connectivity index (χ0n) is 20.1. The van der Waals surface area contributed by atoms with Crippen molar-refractivity contribution in [1.82, 2.24) is 10.2 Å². The van der Waals surface area contributed by atoms with Crippen molar-refractivity contribution in [2.45, 2.75) is 45.6 Å². The molecule has 0 saturated carbocycles. The molecule has 2 amide bonds. The number of thioether (sulfide) groups is 1. The molecule has 1 aromatic carbocycles. The maximum absolute atomic E-state index is 13.5. The lowest BCUT2D eigenvalue weighted by atomic mass is 10.1. The van der Waals surface area contributed by atoms with Crippen LogP contribution in [0.4, 0.5) is 8.78 Å². The maximum atomic E-state index is 13.5. The molecule has 0 aliphatic carbocycles. The number of nitrogens with zero attached hydrogens (tertiary/aromatic N) is 1. The first-order valence-corrected chi connectivity index (χ1v) is 13.3. The Balaban J connectivity index is 1.49. The van der Waals surface area contributed by atoms with Gasteiger partial charge in [0.2, 0.25) is 5.91 Å². The number of benzene rings is 1. The topological polar surface area (TPSA) is 75.7 Å². The molecular formula is C25H26F2N2O4S3. The molecule has 0 spiro atoms. The summed E-state index contributed by atoms with van der Waals surface area (Å²) in [6.07, 6.45) is 2.41. The Morgan fingerprint density at radius 1 is 1.11 bits per heavy atom. The molecule has 0 atom stereocenters. The van der Waals surface area contributed by atoms with Crippen LogP contribution in [-0.2, 0) is 19.1 Å². The summed E-state index contributed by atoms with van der Waals surface area (Å²) in [4.78, 5) is 39.2. The van der Waals surface area contributed by atoms with Crippen molar-refractivity contribution >= 4 is 63.5 Å². The van der Waals surface area contributed by atoms with E-state index in [4.69, 9.17) is 17.0 Å². The molecule has 6 nitrogen and oxygen atoms in total. The lowest BCUT2D eigenvalue weighted by Gasteiger charge is -2.19. The summed E-state index contributed by atoms with van der Waals surface area (Å²) in [7, 11) is 0. The molecule has 36 heavy (non-hydrogen) atoms. The highest BCUT2D eigenvalue weighted by molar-refractivity contribution is 8.26. The standard InChI is InChI=1S/C25H26F2N2O4S3/c1-25(2,3)33-22(31)5-4-7-28-21(30)6-8-29-23(32)20(36-24(29)34)13-19-11-16(14-35-19)15-9-17(26)12-18(27)10-15/h9-14H,4-8H2,1-3H3,(H,28,30)/b20-13-. The van der Waals surface area contributed by atoms with E-state index in [1.54, 1.807) is 38.3 Å². The maximum Gasteiger partial charge on any atom is 0.306 e. The minimum atomic E-state index is -0.661. The van der Waals surface area contributed by atoms with Crippen LogP contribution in [0.5, 0.6) is 0 Å². The van der Waals surface area contributed by atoms with Gasteiger partial charge >= 0.3 is 5.97 Å². The van der Waals surface area contributed by atoms with E-state index in [0.717, 1.165) is 22.7 Å². The molecule has 0 unspecified atom stereocenters. The highest BCUT2D eigenvalue weighted by Crippen LogP contribution is 2.35. The molecule has 1 aliphatic rings. The summed E-state index contributed by atoms with van der Waals surface area (Å²) >= 11 is 7.79. The fourth-order valence-corrected chi connectivity index (χ4v) is 5.50. The minimum Gasteiger partial charge on any atom is -0.460 e. The Labute approximate surface area is 222 Å².